The van der Waals surface area contributed by atoms with E-state index in [1.54, 1.807) is 0 Å². The van der Waals surface area contributed by atoms with Gasteiger partial charge in [0, 0.05) is 39.9 Å². The van der Waals surface area contributed by atoms with Crippen LogP contribution < -0.4 is 5.73 Å². The van der Waals surface area contributed by atoms with Crippen molar-refractivity contribution in [1.29, 1.82) is 0 Å². The quantitative estimate of drug-likeness (QED) is 0.910. The number of hydrogen-bond acceptors (Lipinski definition) is 3. The van der Waals surface area contributed by atoms with Crippen molar-refractivity contribution in [1.82, 2.24) is 4.90 Å². The van der Waals surface area contributed by atoms with Gasteiger partial charge in [0.2, 0.25) is 0 Å². The largest absolute Gasteiger partial charge is 0.327 e. The normalized spacial score (nSPS) is 27.2. The standard InChI is InChI=1S/C12H19BrN2S/c1-8-6-15(4-3-12(8)14)7-10-5-11(13)9(2)16-10/h5,8,12H,3-4,6-7,14H2,1-2H3. The molecule has 1 aromatic heterocycles. The highest BCUT2D eigenvalue weighted by Crippen LogP contribution is 2.28. The van der Waals surface area contributed by atoms with Gasteiger partial charge in [-0.2, -0.15) is 0 Å². The number of likely N-dealkylation sites (tertiary alicyclic amines) is 1. The number of nitrogens with zero attached hydrogens (tertiary/aromatic N) is 1. The van der Waals surface area contributed by atoms with Crippen LogP contribution in [0, 0.1) is 12.8 Å². The first-order valence-electron chi connectivity index (χ1n) is 5.79. The number of hydrogen-bond donors (Lipinski definition) is 1. The zero-order valence-electron chi connectivity index (χ0n) is 9.87. The third kappa shape index (κ3) is 2.86. The van der Waals surface area contributed by atoms with Crippen LogP contribution in [-0.2, 0) is 6.54 Å². The Balaban J connectivity index is 1.95. The summed E-state index contributed by atoms with van der Waals surface area (Å²) in [4.78, 5) is 5.34. The van der Waals surface area contributed by atoms with Crippen LogP contribution >= 0.6 is 27.3 Å². The van der Waals surface area contributed by atoms with Crippen LogP contribution in [0.2, 0.25) is 0 Å². The van der Waals surface area contributed by atoms with Gasteiger partial charge in [0.15, 0.2) is 0 Å². The molecular weight excluding hydrogens is 284 g/mol. The summed E-state index contributed by atoms with van der Waals surface area (Å²) in [5, 5.41) is 0. The van der Waals surface area contributed by atoms with E-state index in [1.165, 1.54) is 14.2 Å². The fourth-order valence-electron chi connectivity index (χ4n) is 2.21. The van der Waals surface area contributed by atoms with Gasteiger partial charge in [-0.05, 0) is 41.3 Å². The van der Waals surface area contributed by atoms with Gasteiger partial charge in [-0.25, -0.2) is 0 Å². The Morgan fingerprint density at radius 2 is 2.38 bits per heavy atom. The molecular formula is C12H19BrN2S. The molecule has 0 aliphatic carbocycles. The summed E-state index contributed by atoms with van der Waals surface area (Å²) >= 11 is 5.46. The number of thiophene rings is 1. The summed E-state index contributed by atoms with van der Waals surface area (Å²) in [5.74, 6) is 0.623. The average Bonchev–Trinajstić information content (AvgIpc) is 2.52. The highest BCUT2D eigenvalue weighted by atomic mass is 79.9. The monoisotopic (exact) mass is 302 g/mol. The van der Waals surface area contributed by atoms with E-state index in [9.17, 15) is 0 Å². The van der Waals surface area contributed by atoms with E-state index in [0.29, 0.717) is 12.0 Å². The third-order valence-corrected chi connectivity index (χ3v) is 5.46. The van der Waals surface area contributed by atoms with Crippen LogP contribution in [0.5, 0.6) is 0 Å². The first-order chi connectivity index (χ1) is 7.56. The minimum atomic E-state index is 0.396. The molecule has 2 N–H and O–H groups in total. The summed E-state index contributed by atoms with van der Waals surface area (Å²) in [5.41, 5.74) is 6.03. The molecule has 1 saturated heterocycles. The van der Waals surface area contributed by atoms with Crippen LogP contribution in [0.4, 0.5) is 0 Å². The van der Waals surface area contributed by atoms with E-state index in [1.807, 2.05) is 11.3 Å². The summed E-state index contributed by atoms with van der Waals surface area (Å²) < 4.78 is 1.24. The lowest BCUT2D eigenvalue weighted by molar-refractivity contribution is 0.159. The lowest BCUT2D eigenvalue weighted by Gasteiger charge is -2.34. The zero-order valence-corrected chi connectivity index (χ0v) is 12.3. The van der Waals surface area contributed by atoms with Gasteiger partial charge in [0.05, 0.1) is 0 Å². The van der Waals surface area contributed by atoms with Gasteiger partial charge < -0.3 is 5.73 Å². The molecule has 0 saturated carbocycles. The van der Waals surface area contributed by atoms with Crippen molar-refractivity contribution in [3.63, 3.8) is 0 Å². The van der Waals surface area contributed by atoms with Crippen molar-refractivity contribution in [2.45, 2.75) is 32.9 Å². The Hall–Kier alpha value is 0.100. The Labute approximate surface area is 110 Å². The second-order valence-electron chi connectivity index (χ2n) is 4.78. The molecule has 1 aliphatic heterocycles. The summed E-state index contributed by atoms with van der Waals surface area (Å²) in [7, 11) is 0. The number of halogens is 1. The molecule has 16 heavy (non-hydrogen) atoms. The molecule has 2 heterocycles. The SMILES string of the molecule is Cc1sc(CN2CCC(N)C(C)C2)cc1Br. The number of aryl methyl sites for hydroxylation is 1. The summed E-state index contributed by atoms with van der Waals surface area (Å²) in [6.45, 7) is 7.77. The topological polar surface area (TPSA) is 29.3 Å². The number of nitrogens with two attached hydrogens (primary N) is 1. The van der Waals surface area contributed by atoms with E-state index in [4.69, 9.17) is 5.73 Å². The maximum Gasteiger partial charge on any atom is 0.0328 e. The molecule has 90 valence electrons. The van der Waals surface area contributed by atoms with Crippen molar-refractivity contribution in [3.8, 4) is 0 Å². The molecule has 2 nitrogen and oxygen atoms in total. The number of piperidine rings is 1. The molecule has 0 spiro atoms. The van der Waals surface area contributed by atoms with Crippen molar-refractivity contribution in [3.05, 3.63) is 20.3 Å². The number of rotatable bonds is 2. The van der Waals surface area contributed by atoms with Gasteiger partial charge >= 0.3 is 0 Å². The van der Waals surface area contributed by atoms with E-state index in [-0.39, 0.29) is 0 Å². The van der Waals surface area contributed by atoms with Crippen molar-refractivity contribution in [2.24, 2.45) is 11.7 Å². The van der Waals surface area contributed by atoms with E-state index in [0.717, 1.165) is 26.1 Å². The fraction of sp³-hybridized carbons (Fsp3) is 0.667. The smallest absolute Gasteiger partial charge is 0.0328 e. The molecule has 1 fully saturated rings. The first-order valence-corrected chi connectivity index (χ1v) is 7.40. The Bertz CT molecular complexity index is 344. The molecule has 4 heteroatoms. The van der Waals surface area contributed by atoms with Gasteiger partial charge in [-0.1, -0.05) is 6.92 Å². The second-order valence-corrected chi connectivity index (χ2v) is 6.98. The van der Waals surface area contributed by atoms with Crippen LogP contribution in [0.1, 0.15) is 23.1 Å². The Morgan fingerprint density at radius 1 is 1.62 bits per heavy atom. The lowest BCUT2D eigenvalue weighted by atomic mass is 9.95. The van der Waals surface area contributed by atoms with Crippen molar-refractivity contribution >= 4 is 27.3 Å². The van der Waals surface area contributed by atoms with Gasteiger partial charge in [0.1, 0.15) is 0 Å². The molecule has 2 atom stereocenters. The minimum absolute atomic E-state index is 0.396. The molecule has 0 amide bonds. The molecule has 0 bridgehead atoms. The maximum atomic E-state index is 6.03. The first kappa shape index (κ1) is 12.6. The molecule has 0 aromatic carbocycles. The van der Waals surface area contributed by atoms with E-state index < -0.39 is 0 Å². The summed E-state index contributed by atoms with van der Waals surface area (Å²) in [6, 6.07) is 2.65. The molecule has 1 aromatic rings. The second kappa shape index (κ2) is 5.17. The Morgan fingerprint density at radius 3 is 2.94 bits per heavy atom. The van der Waals surface area contributed by atoms with Crippen LogP contribution in [-0.4, -0.2) is 24.0 Å². The highest BCUT2D eigenvalue weighted by Gasteiger charge is 2.23. The predicted octanol–water partition coefficient (Wildman–Crippen LogP) is 2.99. The Kier molecular flexibility index (Phi) is 4.06. The molecule has 1 aliphatic rings. The van der Waals surface area contributed by atoms with Crippen LogP contribution in [0.15, 0.2) is 10.5 Å². The van der Waals surface area contributed by atoms with E-state index >= 15 is 0 Å². The molecule has 2 unspecified atom stereocenters. The van der Waals surface area contributed by atoms with Gasteiger partial charge in [-0.15, -0.1) is 11.3 Å². The van der Waals surface area contributed by atoms with Crippen molar-refractivity contribution < 1.29 is 0 Å². The van der Waals surface area contributed by atoms with Gasteiger partial charge in [-0.3, -0.25) is 4.90 Å². The zero-order chi connectivity index (χ0) is 11.7. The van der Waals surface area contributed by atoms with Crippen molar-refractivity contribution in [2.75, 3.05) is 13.1 Å². The lowest BCUT2D eigenvalue weighted by Crippen LogP contribution is -2.45. The molecule has 0 radical (unpaired) electrons. The maximum absolute atomic E-state index is 6.03. The fourth-order valence-corrected chi connectivity index (χ4v) is 3.85. The molecule has 2 rings (SSSR count). The van der Waals surface area contributed by atoms with Gasteiger partial charge in [0.25, 0.3) is 0 Å². The summed E-state index contributed by atoms with van der Waals surface area (Å²) in [6.07, 6.45) is 1.13. The highest BCUT2D eigenvalue weighted by molar-refractivity contribution is 9.10. The average molecular weight is 303 g/mol. The minimum Gasteiger partial charge on any atom is -0.327 e. The third-order valence-electron chi connectivity index (χ3n) is 3.34. The van der Waals surface area contributed by atoms with Crippen LogP contribution in [0.3, 0.4) is 0 Å². The van der Waals surface area contributed by atoms with Crippen LogP contribution in [0.25, 0.3) is 0 Å². The predicted molar refractivity (Wildman–Crippen MR) is 73.8 cm³/mol. The van der Waals surface area contributed by atoms with E-state index in [2.05, 4.69) is 40.7 Å².